The van der Waals surface area contributed by atoms with E-state index in [1.807, 2.05) is 0 Å². The Morgan fingerprint density at radius 1 is 1.47 bits per heavy atom. The van der Waals surface area contributed by atoms with Crippen molar-refractivity contribution in [2.24, 2.45) is 0 Å². The van der Waals surface area contributed by atoms with Crippen molar-refractivity contribution in [3.8, 4) is 0 Å². The zero-order valence-electron chi connectivity index (χ0n) is 9.42. The number of aliphatic hydroxyl groups excluding tert-OH is 2. The summed E-state index contributed by atoms with van der Waals surface area (Å²) in [6.45, 7) is -0.215. The highest BCUT2D eigenvalue weighted by Crippen LogP contribution is 2.22. The van der Waals surface area contributed by atoms with Gasteiger partial charge in [-0.3, -0.25) is 0 Å². The molecule has 1 aromatic carbocycles. The van der Waals surface area contributed by atoms with Gasteiger partial charge in [0.1, 0.15) is 0 Å². The zero-order chi connectivity index (χ0) is 13.1. The van der Waals surface area contributed by atoms with Gasteiger partial charge in [-0.05, 0) is 18.2 Å². The maximum atomic E-state index is 11.3. The average molecular weight is 260 g/mol. The molecule has 0 spiro atoms. The second kappa shape index (κ2) is 5.35. The smallest absolute Gasteiger partial charge is 0.175 e. The molecule has 0 heterocycles. The number of sulfone groups is 1. The van der Waals surface area contributed by atoms with Crippen LogP contribution in [0.1, 0.15) is 0 Å². The standard InChI is InChI=1S/C10H16N2O4S/c1-17(15,16)8-2-3-10(9(11)4-8)12-5-7(14)6-13/h2-4,7,12-14H,5-6,11H2,1H3. The third-order valence-corrected chi connectivity index (χ3v) is 3.30. The van der Waals surface area contributed by atoms with Gasteiger partial charge in [0.2, 0.25) is 0 Å². The van der Waals surface area contributed by atoms with Crippen molar-refractivity contribution in [3.05, 3.63) is 18.2 Å². The summed E-state index contributed by atoms with van der Waals surface area (Å²) in [4.78, 5) is 0.142. The van der Waals surface area contributed by atoms with E-state index in [9.17, 15) is 8.42 Å². The predicted molar refractivity (Wildman–Crippen MR) is 65.5 cm³/mol. The molecule has 6 nitrogen and oxygen atoms in total. The van der Waals surface area contributed by atoms with E-state index in [4.69, 9.17) is 15.9 Å². The van der Waals surface area contributed by atoms with Crippen LogP contribution >= 0.6 is 0 Å². The summed E-state index contributed by atoms with van der Waals surface area (Å²) in [6, 6.07) is 4.30. The van der Waals surface area contributed by atoms with Crippen molar-refractivity contribution in [3.63, 3.8) is 0 Å². The van der Waals surface area contributed by atoms with Crippen molar-refractivity contribution >= 4 is 21.2 Å². The van der Waals surface area contributed by atoms with E-state index in [-0.39, 0.29) is 23.7 Å². The highest BCUT2D eigenvalue weighted by Gasteiger charge is 2.10. The molecular formula is C10H16N2O4S. The number of rotatable bonds is 5. The Labute approximate surface area is 100.0 Å². The normalized spacial score (nSPS) is 13.4. The SMILES string of the molecule is CS(=O)(=O)c1ccc(NCC(O)CO)c(N)c1. The van der Waals surface area contributed by atoms with Gasteiger partial charge in [-0.25, -0.2) is 8.42 Å². The Morgan fingerprint density at radius 3 is 2.59 bits per heavy atom. The van der Waals surface area contributed by atoms with Crippen LogP contribution in [0, 0.1) is 0 Å². The predicted octanol–water partition coefficient (Wildman–Crippen LogP) is -0.563. The second-order valence-electron chi connectivity index (χ2n) is 3.74. The van der Waals surface area contributed by atoms with Gasteiger partial charge < -0.3 is 21.3 Å². The number of aliphatic hydroxyl groups is 2. The largest absolute Gasteiger partial charge is 0.397 e. The van der Waals surface area contributed by atoms with E-state index in [1.165, 1.54) is 18.2 Å². The van der Waals surface area contributed by atoms with E-state index in [0.29, 0.717) is 5.69 Å². The maximum Gasteiger partial charge on any atom is 0.175 e. The van der Waals surface area contributed by atoms with E-state index >= 15 is 0 Å². The molecule has 0 amide bonds. The number of hydrogen-bond acceptors (Lipinski definition) is 6. The maximum absolute atomic E-state index is 11.3. The third kappa shape index (κ3) is 3.88. The topological polar surface area (TPSA) is 113 Å². The molecular weight excluding hydrogens is 244 g/mol. The fraction of sp³-hybridized carbons (Fsp3) is 0.400. The van der Waals surface area contributed by atoms with Crippen LogP contribution < -0.4 is 11.1 Å². The van der Waals surface area contributed by atoms with E-state index < -0.39 is 15.9 Å². The van der Waals surface area contributed by atoms with Crippen LogP contribution in [0.2, 0.25) is 0 Å². The molecule has 0 saturated heterocycles. The molecule has 0 aliphatic heterocycles. The van der Waals surface area contributed by atoms with Gasteiger partial charge in [-0.15, -0.1) is 0 Å². The van der Waals surface area contributed by atoms with Gasteiger partial charge in [0.05, 0.1) is 29.0 Å². The van der Waals surface area contributed by atoms with Crippen LogP contribution in [0.5, 0.6) is 0 Å². The highest BCUT2D eigenvalue weighted by molar-refractivity contribution is 7.90. The molecule has 0 radical (unpaired) electrons. The molecule has 5 N–H and O–H groups in total. The lowest BCUT2D eigenvalue weighted by atomic mass is 10.2. The highest BCUT2D eigenvalue weighted by atomic mass is 32.2. The van der Waals surface area contributed by atoms with Crippen LogP contribution in [0.15, 0.2) is 23.1 Å². The van der Waals surface area contributed by atoms with Gasteiger partial charge >= 0.3 is 0 Å². The summed E-state index contributed by atoms with van der Waals surface area (Å²) in [5.41, 5.74) is 6.47. The lowest BCUT2D eigenvalue weighted by Gasteiger charge is -2.12. The van der Waals surface area contributed by atoms with E-state index in [1.54, 1.807) is 0 Å². The minimum atomic E-state index is -3.28. The first-order valence-corrected chi connectivity index (χ1v) is 6.86. The van der Waals surface area contributed by atoms with E-state index in [2.05, 4.69) is 5.32 Å². The number of hydrogen-bond donors (Lipinski definition) is 4. The van der Waals surface area contributed by atoms with E-state index in [0.717, 1.165) is 6.26 Å². The van der Waals surface area contributed by atoms with Crippen molar-refractivity contribution < 1.29 is 18.6 Å². The Balaban J connectivity index is 2.84. The number of nitrogens with one attached hydrogen (secondary N) is 1. The minimum Gasteiger partial charge on any atom is -0.397 e. The summed E-state index contributed by atoms with van der Waals surface area (Å²) in [7, 11) is -3.28. The van der Waals surface area contributed by atoms with Crippen molar-refractivity contribution in [1.82, 2.24) is 0 Å². The number of nitrogens with two attached hydrogens (primary N) is 1. The number of anilines is 2. The fourth-order valence-electron chi connectivity index (χ4n) is 1.22. The molecule has 17 heavy (non-hydrogen) atoms. The molecule has 1 aromatic rings. The Hall–Kier alpha value is -1.31. The zero-order valence-corrected chi connectivity index (χ0v) is 10.2. The lowest BCUT2D eigenvalue weighted by molar-refractivity contribution is 0.105. The summed E-state index contributed by atoms with van der Waals surface area (Å²) < 4.78 is 22.5. The molecule has 0 aromatic heterocycles. The van der Waals surface area contributed by atoms with Gasteiger partial charge in [0.25, 0.3) is 0 Å². The third-order valence-electron chi connectivity index (χ3n) is 2.19. The molecule has 0 aliphatic carbocycles. The summed E-state index contributed by atoms with van der Waals surface area (Å²) >= 11 is 0. The first kappa shape index (κ1) is 13.8. The summed E-state index contributed by atoms with van der Waals surface area (Å²) in [5, 5.41) is 20.6. The lowest BCUT2D eigenvalue weighted by Crippen LogP contribution is -2.23. The van der Waals surface area contributed by atoms with Crippen molar-refractivity contribution in [2.75, 3.05) is 30.5 Å². The molecule has 7 heteroatoms. The molecule has 1 unspecified atom stereocenters. The monoisotopic (exact) mass is 260 g/mol. The number of benzene rings is 1. The first-order valence-electron chi connectivity index (χ1n) is 4.97. The molecule has 0 saturated carbocycles. The van der Waals surface area contributed by atoms with Crippen molar-refractivity contribution in [1.29, 1.82) is 0 Å². The molecule has 0 aliphatic rings. The average Bonchev–Trinajstić information content (AvgIpc) is 2.25. The fourth-order valence-corrected chi connectivity index (χ4v) is 1.88. The van der Waals surface area contributed by atoms with Crippen LogP contribution in [-0.2, 0) is 9.84 Å². The van der Waals surface area contributed by atoms with Crippen LogP contribution in [0.3, 0.4) is 0 Å². The van der Waals surface area contributed by atoms with Gasteiger partial charge in [-0.1, -0.05) is 0 Å². The molecule has 0 bridgehead atoms. The molecule has 1 rings (SSSR count). The van der Waals surface area contributed by atoms with Crippen LogP contribution in [-0.4, -0.2) is 44.1 Å². The van der Waals surface area contributed by atoms with Gasteiger partial charge in [-0.2, -0.15) is 0 Å². The first-order chi connectivity index (χ1) is 7.84. The second-order valence-corrected chi connectivity index (χ2v) is 5.75. The Kier molecular flexibility index (Phi) is 4.33. The summed E-state index contributed by atoms with van der Waals surface area (Å²) in [5.74, 6) is 0. The van der Waals surface area contributed by atoms with Crippen LogP contribution in [0.25, 0.3) is 0 Å². The van der Waals surface area contributed by atoms with Gasteiger partial charge in [0.15, 0.2) is 9.84 Å². The molecule has 1 atom stereocenters. The Bertz CT molecular complexity index is 487. The molecule has 96 valence electrons. The molecule has 0 fully saturated rings. The van der Waals surface area contributed by atoms with Crippen molar-refractivity contribution in [2.45, 2.75) is 11.0 Å². The Morgan fingerprint density at radius 2 is 2.12 bits per heavy atom. The van der Waals surface area contributed by atoms with Crippen LogP contribution in [0.4, 0.5) is 11.4 Å². The minimum absolute atomic E-state index is 0.138. The van der Waals surface area contributed by atoms with Gasteiger partial charge in [0, 0.05) is 12.8 Å². The summed E-state index contributed by atoms with van der Waals surface area (Å²) in [6.07, 6.45) is 0.216. The number of nitrogen functional groups attached to an aromatic ring is 1. The quantitative estimate of drug-likeness (QED) is 0.528.